The van der Waals surface area contributed by atoms with Crippen molar-refractivity contribution in [3.8, 4) is 0 Å². The van der Waals surface area contributed by atoms with Crippen molar-refractivity contribution in [2.45, 2.75) is 138 Å². The van der Waals surface area contributed by atoms with Gasteiger partial charge < -0.3 is 89.0 Å². The lowest BCUT2D eigenvalue weighted by Gasteiger charge is -2.44. The highest BCUT2D eigenvalue weighted by Crippen LogP contribution is 2.33. The predicted molar refractivity (Wildman–Crippen MR) is 196 cm³/mol. The maximum absolute atomic E-state index is 12.3. The monoisotopic (exact) mass is 840 g/mol. The molecule has 10 N–H and O–H groups in total. The van der Waals surface area contributed by atoms with Gasteiger partial charge in [0, 0.05) is 29.2 Å². The Morgan fingerprint density at radius 2 is 0.983 bits per heavy atom. The first-order valence-corrected chi connectivity index (χ1v) is 19.9. The molecule has 58 heavy (non-hydrogen) atoms. The zero-order valence-corrected chi connectivity index (χ0v) is 33.4. The molecule has 0 spiro atoms. The van der Waals surface area contributed by atoms with Crippen molar-refractivity contribution in [3.05, 3.63) is 12.2 Å². The van der Waals surface area contributed by atoms with E-state index in [1.165, 1.54) is 6.92 Å². The number of rotatable bonds is 19. The molecule has 0 bridgehead atoms. The van der Waals surface area contributed by atoms with Gasteiger partial charge in [0.1, 0.15) is 49.3 Å². The van der Waals surface area contributed by atoms with Gasteiger partial charge in [-0.3, -0.25) is 0 Å². The Labute approximate surface area is 337 Å². The molecule has 0 aromatic heterocycles. The average Bonchev–Trinajstić information content (AvgIpc) is 3.19. The van der Waals surface area contributed by atoms with Gasteiger partial charge in [-0.2, -0.15) is 0 Å². The molecule has 4 fully saturated rings. The summed E-state index contributed by atoms with van der Waals surface area (Å²) in [4.78, 5) is 24.2. The minimum atomic E-state index is -1.68. The standard InChI is InChI=1S/C38H64O20/c1-6-18-28(40)24(57-27(29(18)41)15-54-38(50)16(3)4)12-53-11-21-32(44)35(47)26(58-36(21)37(48)49)14-52-10-20-23(8-39)56-25(34(46)31(20)43)13-51-9-19-17(5)55-22(7-2)33(45)30(19)42/h17-36,39-47H,3,6-15H2,1-2,4-5H3,(H,48,49)/t17?,18-,19-,20+,21-,22-,23?,24-,25-,26-,27?,28?,29-,30-,31+,32+,33?,34?,35?,36?/m0/s1. The molecule has 4 saturated heterocycles. The van der Waals surface area contributed by atoms with Crippen LogP contribution < -0.4 is 0 Å². The quantitative estimate of drug-likeness (QED) is 0.0446. The van der Waals surface area contributed by atoms with Crippen molar-refractivity contribution in [3.63, 3.8) is 0 Å². The summed E-state index contributed by atoms with van der Waals surface area (Å²) in [6.45, 7) is 7.55. The average molecular weight is 841 g/mol. The Morgan fingerprint density at radius 3 is 1.50 bits per heavy atom. The molecule has 4 heterocycles. The second-order valence-corrected chi connectivity index (χ2v) is 15.8. The number of ether oxygens (including phenoxy) is 8. The van der Waals surface area contributed by atoms with Crippen LogP contribution in [0.3, 0.4) is 0 Å². The lowest BCUT2D eigenvalue weighted by Crippen LogP contribution is -2.60. The number of carboxylic acid groups (broad SMARTS) is 1. The van der Waals surface area contributed by atoms with Crippen LogP contribution in [0, 0.1) is 23.7 Å². The van der Waals surface area contributed by atoms with E-state index in [1.54, 1.807) is 13.8 Å². The van der Waals surface area contributed by atoms with E-state index in [0.717, 1.165) is 0 Å². The van der Waals surface area contributed by atoms with Gasteiger partial charge in [-0.15, -0.1) is 0 Å². The fourth-order valence-electron chi connectivity index (χ4n) is 8.13. The van der Waals surface area contributed by atoms with E-state index >= 15 is 0 Å². The van der Waals surface area contributed by atoms with Gasteiger partial charge in [-0.1, -0.05) is 20.4 Å². The van der Waals surface area contributed by atoms with E-state index in [1.807, 2.05) is 6.92 Å². The molecule has 0 saturated carbocycles. The Kier molecular flexibility index (Phi) is 18.7. The first-order valence-electron chi connectivity index (χ1n) is 19.9. The van der Waals surface area contributed by atoms with Crippen molar-refractivity contribution in [1.82, 2.24) is 0 Å². The normalized spacial score (nSPS) is 43.5. The molecule has 0 radical (unpaired) electrons. The van der Waals surface area contributed by atoms with E-state index in [9.17, 15) is 60.7 Å². The van der Waals surface area contributed by atoms with E-state index in [4.69, 9.17) is 37.9 Å². The van der Waals surface area contributed by atoms with Gasteiger partial charge in [0.05, 0.1) is 95.1 Å². The highest BCUT2D eigenvalue weighted by Gasteiger charge is 2.50. The third-order valence-corrected chi connectivity index (χ3v) is 11.8. The van der Waals surface area contributed by atoms with Gasteiger partial charge in [0.2, 0.25) is 0 Å². The van der Waals surface area contributed by atoms with Crippen molar-refractivity contribution in [2.24, 2.45) is 23.7 Å². The molecule has 0 aromatic carbocycles. The highest BCUT2D eigenvalue weighted by atomic mass is 16.6. The molecule has 8 unspecified atom stereocenters. The summed E-state index contributed by atoms with van der Waals surface area (Å²) in [6.07, 6.45) is -18.2. The van der Waals surface area contributed by atoms with Gasteiger partial charge in [0.15, 0.2) is 6.10 Å². The smallest absolute Gasteiger partial charge is 0.333 e. The molecule has 4 rings (SSSR count). The third kappa shape index (κ3) is 11.5. The molecule has 20 heteroatoms. The summed E-state index contributed by atoms with van der Waals surface area (Å²) in [5.74, 6) is -5.68. The van der Waals surface area contributed by atoms with Gasteiger partial charge >= 0.3 is 11.9 Å². The van der Waals surface area contributed by atoms with Gasteiger partial charge in [-0.05, 0) is 26.7 Å². The summed E-state index contributed by atoms with van der Waals surface area (Å²) < 4.78 is 45.3. The minimum absolute atomic E-state index is 0.0477. The van der Waals surface area contributed by atoms with E-state index < -0.39 is 153 Å². The number of aliphatic carboxylic acids is 1. The van der Waals surface area contributed by atoms with Crippen molar-refractivity contribution < 1.29 is 98.5 Å². The summed E-state index contributed by atoms with van der Waals surface area (Å²) in [5.41, 5.74) is 0.145. The zero-order chi connectivity index (χ0) is 43.0. The number of aliphatic hydroxyl groups is 9. The van der Waals surface area contributed by atoms with Crippen LogP contribution in [0.25, 0.3) is 0 Å². The minimum Gasteiger partial charge on any atom is -0.479 e. The number of carbonyl (C=O) groups is 2. The van der Waals surface area contributed by atoms with Crippen molar-refractivity contribution >= 4 is 11.9 Å². The van der Waals surface area contributed by atoms with Crippen LogP contribution in [0.5, 0.6) is 0 Å². The van der Waals surface area contributed by atoms with Crippen LogP contribution in [0.15, 0.2) is 12.2 Å². The predicted octanol–water partition coefficient (Wildman–Crippen LogP) is -3.51. The third-order valence-electron chi connectivity index (χ3n) is 11.8. The van der Waals surface area contributed by atoms with E-state index in [0.29, 0.717) is 12.8 Å². The second kappa shape index (κ2) is 22.2. The van der Waals surface area contributed by atoms with Crippen LogP contribution in [0.4, 0.5) is 0 Å². The molecule has 0 aromatic rings. The summed E-state index contributed by atoms with van der Waals surface area (Å²) in [6, 6.07) is 0. The first kappa shape index (κ1) is 48.7. The largest absolute Gasteiger partial charge is 0.479 e. The van der Waals surface area contributed by atoms with Crippen LogP contribution in [-0.4, -0.2) is 214 Å². The summed E-state index contributed by atoms with van der Waals surface area (Å²) >= 11 is 0. The van der Waals surface area contributed by atoms with Crippen LogP contribution in [0.2, 0.25) is 0 Å². The van der Waals surface area contributed by atoms with Crippen molar-refractivity contribution in [2.75, 3.05) is 52.9 Å². The fraction of sp³-hybridized carbons (Fsp3) is 0.895. The van der Waals surface area contributed by atoms with Crippen molar-refractivity contribution in [1.29, 1.82) is 0 Å². The second-order valence-electron chi connectivity index (χ2n) is 15.8. The van der Waals surface area contributed by atoms with Gasteiger partial charge in [-0.25, -0.2) is 9.59 Å². The lowest BCUT2D eigenvalue weighted by atomic mass is 9.84. The molecule has 0 aliphatic carbocycles. The Morgan fingerprint density at radius 1 is 0.534 bits per heavy atom. The number of carboxylic acids is 1. The fourth-order valence-corrected chi connectivity index (χ4v) is 8.13. The maximum Gasteiger partial charge on any atom is 0.333 e. The molecule has 0 amide bonds. The van der Waals surface area contributed by atoms with E-state index in [2.05, 4.69) is 6.58 Å². The van der Waals surface area contributed by atoms with Crippen LogP contribution in [-0.2, 0) is 47.5 Å². The summed E-state index contributed by atoms with van der Waals surface area (Å²) in [7, 11) is 0. The Bertz CT molecular complexity index is 1300. The van der Waals surface area contributed by atoms with Crippen LogP contribution >= 0.6 is 0 Å². The Balaban J connectivity index is 1.27. The lowest BCUT2D eigenvalue weighted by molar-refractivity contribution is -0.247. The topological polar surface area (TPSA) is 310 Å². The highest BCUT2D eigenvalue weighted by molar-refractivity contribution is 5.86. The maximum atomic E-state index is 12.3. The Hall–Kier alpha value is -1.96. The SMILES string of the molecule is C=C(C)C(=O)OCC1O[C@@H](COC[C@@H]2C(C(=O)O)O[C@@H](COC[C@@H]3C(CO)O[C@@H](COC[C@H]4C(C)O[C@@H](CC)C(O)[C@H]4O)C(O)[C@@H]3O)C(O)[C@@H]2O)C(O)[C@H](CC)[C@@H]1O. The first-order chi connectivity index (χ1) is 27.5. The molecule has 20 atom stereocenters. The number of hydrogen-bond acceptors (Lipinski definition) is 19. The number of carbonyl (C=O) groups excluding carboxylic acids is 1. The van der Waals surface area contributed by atoms with E-state index in [-0.39, 0.29) is 38.6 Å². The number of esters is 1. The number of hydrogen-bond donors (Lipinski definition) is 10. The summed E-state index contributed by atoms with van der Waals surface area (Å²) in [5, 5.41) is 106. The van der Waals surface area contributed by atoms with Crippen LogP contribution in [0.1, 0.15) is 40.5 Å². The zero-order valence-electron chi connectivity index (χ0n) is 33.4. The van der Waals surface area contributed by atoms with Gasteiger partial charge in [0.25, 0.3) is 0 Å². The molecule has 4 aliphatic heterocycles. The molecular formula is C38H64O20. The molecule has 4 aliphatic rings. The molecule has 336 valence electrons. The molecule has 20 nitrogen and oxygen atoms in total. The molecular weight excluding hydrogens is 776 g/mol. The number of aliphatic hydroxyl groups excluding tert-OH is 9.